The Hall–Kier alpha value is -1.50. The van der Waals surface area contributed by atoms with E-state index in [1.54, 1.807) is 12.1 Å². The number of nitrogens with zero attached hydrogens (tertiary/aromatic N) is 1. The predicted octanol–water partition coefficient (Wildman–Crippen LogP) is 3.65. The van der Waals surface area contributed by atoms with E-state index >= 15 is 0 Å². The van der Waals surface area contributed by atoms with Crippen LogP contribution >= 0.6 is 0 Å². The van der Waals surface area contributed by atoms with Gasteiger partial charge in [0, 0.05) is 31.2 Å². The summed E-state index contributed by atoms with van der Waals surface area (Å²) in [6, 6.07) is 6.51. The van der Waals surface area contributed by atoms with Gasteiger partial charge in [-0.1, -0.05) is 52.2 Å². The van der Waals surface area contributed by atoms with Gasteiger partial charge in [0.15, 0.2) is 0 Å². The van der Waals surface area contributed by atoms with Gasteiger partial charge in [0.05, 0.1) is 19.8 Å². The molecule has 1 aliphatic heterocycles. The third kappa shape index (κ3) is 6.02. The van der Waals surface area contributed by atoms with E-state index in [2.05, 4.69) is 36.3 Å². The smallest absolute Gasteiger partial charge is 0.234 e. The molecule has 2 fully saturated rings. The molecular formula is C24H38FN3O2. The zero-order valence-corrected chi connectivity index (χ0v) is 18.8. The maximum Gasteiger partial charge on any atom is 0.234 e. The Labute approximate surface area is 180 Å². The average Bonchev–Trinajstić information content (AvgIpc) is 2.74. The largest absolute Gasteiger partial charge is 0.379 e. The number of halogens is 1. The topological polar surface area (TPSA) is 53.6 Å². The molecule has 2 aliphatic rings. The number of rotatable bonds is 7. The molecule has 0 radical (unpaired) electrons. The maximum atomic E-state index is 13.3. The first kappa shape index (κ1) is 23.2. The summed E-state index contributed by atoms with van der Waals surface area (Å²) in [6.45, 7) is 10.8. The van der Waals surface area contributed by atoms with Crippen LogP contribution in [0.2, 0.25) is 0 Å². The van der Waals surface area contributed by atoms with Gasteiger partial charge in [0.2, 0.25) is 5.91 Å². The minimum atomic E-state index is -0.245. The van der Waals surface area contributed by atoms with E-state index in [1.807, 2.05) is 0 Å². The molecule has 1 aromatic rings. The van der Waals surface area contributed by atoms with Gasteiger partial charge in [-0.2, -0.15) is 0 Å². The Morgan fingerprint density at radius 2 is 1.77 bits per heavy atom. The summed E-state index contributed by atoms with van der Waals surface area (Å²) in [5.74, 6) is -0.227. The van der Waals surface area contributed by atoms with Crippen molar-refractivity contribution in [2.24, 2.45) is 5.41 Å². The van der Waals surface area contributed by atoms with Gasteiger partial charge in [-0.3, -0.25) is 9.69 Å². The third-order valence-corrected chi connectivity index (χ3v) is 6.62. The van der Waals surface area contributed by atoms with Crippen LogP contribution in [0.1, 0.15) is 64.5 Å². The van der Waals surface area contributed by atoms with E-state index in [1.165, 1.54) is 31.4 Å². The zero-order chi connectivity index (χ0) is 21.6. The molecule has 1 aliphatic carbocycles. The normalized spacial score (nSPS) is 21.2. The number of nitrogens with one attached hydrogen (secondary N) is 2. The number of carbonyl (C=O) groups excluding carboxylic acids is 1. The lowest BCUT2D eigenvalue weighted by Crippen LogP contribution is -2.60. The monoisotopic (exact) mass is 419 g/mol. The van der Waals surface area contributed by atoms with Crippen molar-refractivity contribution < 1.29 is 13.9 Å². The minimum absolute atomic E-state index is 0.0181. The number of carbonyl (C=O) groups is 1. The summed E-state index contributed by atoms with van der Waals surface area (Å²) in [5, 5.41) is 6.62. The Kier molecular flexibility index (Phi) is 7.88. The number of benzene rings is 1. The fourth-order valence-corrected chi connectivity index (χ4v) is 4.95. The molecule has 1 amide bonds. The van der Waals surface area contributed by atoms with Crippen molar-refractivity contribution in [3.8, 4) is 0 Å². The molecule has 1 atom stereocenters. The van der Waals surface area contributed by atoms with E-state index in [4.69, 9.17) is 4.74 Å². The molecule has 2 N–H and O–H groups in total. The molecule has 1 aromatic carbocycles. The standard InChI is InChI=1S/C24H38FN3O2/c1-23(2,3)22(19-7-9-20(25)10-8-19)26-17-21(29)27-18-24(11-5-4-6-12-24)28-13-15-30-16-14-28/h7-10,22,26H,4-6,11-18H2,1-3H3,(H,27,29). The molecule has 30 heavy (non-hydrogen) atoms. The highest BCUT2D eigenvalue weighted by atomic mass is 19.1. The van der Waals surface area contributed by atoms with Crippen LogP contribution in [0.4, 0.5) is 4.39 Å². The second-order valence-corrected chi connectivity index (χ2v) is 9.89. The van der Waals surface area contributed by atoms with Crippen LogP contribution in [0, 0.1) is 11.2 Å². The predicted molar refractivity (Wildman–Crippen MR) is 118 cm³/mol. The van der Waals surface area contributed by atoms with Crippen LogP contribution in [-0.2, 0) is 9.53 Å². The fraction of sp³-hybridized carbons (Fsp3) is 0.708. The second kappa shape index (κ2) is 10.2. The van der Waals surface area contributed by atoms with Gasteiger partial charge in [-0.05, 0) is 36.0 Å². The molecule has 0 bridgehead atoms. The number of morpholine rings is 1. The summed E-state index contributed by atoms with van der Waals surface area (Å²) in [4.78, 5) is 15.3. The Bertz CT molecular complexity index is 675. The van der Waals surface area contributed by atoms with Gasteiger partial charge >= 0.3 is 0 Å². The fourth-order valence-electron chi connectivity index (χ4n) is 4.95. The summed E-state index contributed by atoms with van der Waals surface area (Å²) in [5.41, 5.74) is 0.961. The zero-order valence-electron chi connectivity index (χ0n) is 18.8. The van der Waals surface area contributed by atoms with Gasteiger partial charge in [0.25, 0.3) is 0 Å². The lowest BCUT2D eigenvalue weighted by molar-refractivity contribution is -0.121. The Morgan fingerprint density at radius 1 is 1.13 bits per heavy atom. The summed E-state index contributed by atoms with van der Waals surface area (Å²) in [7, 11) is 0. The number of amides is 1. The number of ether oxygens (including phenoxy) is 1. The number of hydrogen-bond acceptors (Lipinski definition) is 4. The van der Waals surface area contributed by atoms with Gasteiger partial charge in [0.1, 0.15) is 5.82 Å². The highest BCUT2D eigenvalue weighted by Crippen LogP contribution is 2.34. The van der Waals surface area contributed by atoms with E-state index in [0.29, 0.717) is 6.54 Å². The lowest BCUT2D eigenvalue weighted by atomic mass is 9.79. The SMILES string of the molecule is CC(C)(C)C(NCC(=O)NCC1(N2CCOCC2)CCCCC1)c1ccc(F)cc1. The highest BCUT2D eigenvalue weighted by molar-refractivity contribution is 5.78. The lowest BCUT2D eigenvalue weighted by Gasteiger charge is -2.48. The Balaban J connectivity index is 1.58. The third-order valence-electron chi connectivity index (χ3n) is 6.62. The van der Waals surface area contributed by atoms with E-state index in [0.717, 1.165) is 44.7 Å². The van der Waals surface area contributed by atoms with E-state index < -0.39 is 0 Å². The van der Waals surface area contributed by atoms with Crippen LogP contribution in [-0.4, -0.2) is 55.7 Å². The van der Waals surface area contributed by atoms with Crippen molar-refractivity contribution in [1.29, 1.82) is 0 Å². The molecule has 1 saturated heterocycles. The van der Waals surface area contributed by atoms with Crippen LogP contribution in [0.15, 0.2) is 24.3 Å². The van der Waals surface area contributed by atoms with E-state index in [9.17, 15) is 9.18 Å². The van der Waals surface area contributed by atoms with Crippen molar-refractivity contribution in [1.82, 2.24) is 15.5 Å². The highest BCUT2D eigenvalue weighted by Gasteiger charge is 2.38. The molecule has 6 heteroatoms. The van der Waals surface area contributed by atoms with E-state index in [-0.39, 0.29) is 35.3 Å². The van der Waals surface area contributed by atoms with Gasteiger partial charge in [-0.25, -0.2) is 4.39 Å². The van der Waals surface area contributed by atoms with Crippen molar-refractivity contribution in [3.63, 3.8) is 0 Å². The van der Waals surface area contributed by atoms with Gasteiger partial charge < -0.3 is 15.4 Å². The van der Waals surface area contributed by atoms with Crippen LogP contribution in [0.3, 0.4) is 0 Å². The van der Waals surface area contributed by atoms with Crippen molar-refractivity contribution >= 4 is 5.91 Å². The van der Waals surface area contributed by atoms with Crippen LogP contribution in [0.5, 0.6) is 0 Å². The molecule has 1 unspecified atom stereocenters. The number of hydrogen-bond donors (Lipinski definition) is 2. The average molecular weight is 420 g/mol. The summed E-state index contributed by atoms with van der Waals surface area (Å²) >= 11 is 0. The van der Waals surface area contributed by atoms with Crippen molar-refractivity contribution in [2.45, 2.75) is 64.5 Å². The quantitative estimate of drug-likeness (QED) is 0.708. The first-order valence-electron chi connectivity index (χ1n) is 11.4. The molecule has 1 saturated carbocycles. The molecule has 168 valence electrons. The Morgan fingerprint density at radius 3 is 2.37 bits per heavy atom. The van der Waals surface area contributed by atoms with Crippen molar-refractivity contribution in [2.75, 3.05) is 39.4 Å². The summed E-state index contributed by atoms with van der Waals surface area (Å²) in [6.07, 6.45) is 6.01. The van der Waals surface area contributed by atoms with Crippen molar-refractivity contribution in [3.05, 3.63) is 35.6 Å². The molecule has 1 heterocycles. The second-order valence-electron chi connectivity index (χ2n) is 9.89. The maximum absolute atomic E-state index is 13.3. The van der Waals surface area contributed by atoms with Crippen LogP contribution in [0.25, 0.3) is 0 Å². The van der Waals surface area contributed by atoms with Crippen LogP contribution < -0.4 is 10.6 Å². The van der Waals surface area contributed by atoms with Gasteiger partial charge in [-0.15, -0.1) is 0 Å². The molecule has 0 aromatic heterocycles. The molecule has 5 nitrogen and oxygen atoms in total. The first-order chi connectivity index (χ1) is 14.3. The minimum Gasteiger partial charge on any atom is -0.379 e. The first-order valence-corrected chi connectivity index (χ1v) is 11.4. The molecule has 3 rings (SSSR count). The molecule has 0 spiro atoms. The molecular weight excluding hydrogens is 381 g/mol. The summed E-state index contributed by atoms with van der Waals surface area (Å²) < 4.78 is 18.9.